The summed E-state index contributed by atoms with van der Waals surface area (Å²) < 4.78 is 11.6. The second-order valence-electron chi connectivity index (χ2n) is 6.47. The standard InChI is InChI=1S/C14H14BrN.C5H12OS.C2H6/c1-10(11-5-3-2-4-6-11)13-9-12(15)7-8-14(13)16;1-5(2,3)7(4)6;1-2/h2-10H,16H2,1H3;1-4H3;1-2H3. The van der Waals surface area contributed by atoms with E-state index in [4.69, 9.17) is 5.73 Å². The summed E-state index contributed by atoms with van der Waals surface area (Å²) in [6, 6.07) is 16.4. The molecule has 0 aliphatic rings. The zero-order valence-corrected chi connectivity index (χ0v) is 18.9. The average Bonchev–Trinajstić information content (AvgIpc) is 2.59. The van der Waals surface area contributed by atoms with Gasteiger partial charge >= 0.3 is 0 Å². The van der Waals surface area contributed by atoms with Crippen molar-refractivity contribution in [3.63, 3.8) is 0 Å². The maximum atomic E-state index is 10.6. The van der Waals surface area contributed by atoms with Gasteiger partial charge in [0.05, 0.1) is 0 Å². The molecule has 25 heavy (non-hydrogen) atoms. The topological polar surface area (TPSA) is 43.1 Å². The zero-order valence-electron chi connectivity index (χ0n) is 16.5. The molecule has 0 aliphatic carbocycles. The maximum absolute atomic E-state index is 10.6. The Balaban J connectivity index is 0.000000544. The summed E-state index contributed by atoms with van der Waals surface area (Å²) in [5.74, 6) is 0.318. The molecular weight excluding hydrogens is 394 g/mol. The van der Waals surface area contributed by atoms with Gasteiger partial charge in [0.25, 0.3) is 0 Å². The predicted octanol–water partition coefficient (Wildman–Crippen LogP) is 6.37. The second-order valence-corrected chi connectivity index (χ2v) is 9.52. The van der Waals surface area contributed by atoms with E-state index in [-0.39, 0.29) is 4.75 Å². The van der Waals surface area contributed by atoms with Crippen LogP contribution in [0.25, 0.3) is 0 Å². The van der Waals surface area contributed by atoms with Crippen LogP contribution in [0.5, 0.6) is 0 Å². The minimum atomic E-state index is -0.683. The average molecular weight is 426 g/mol. The van der Waals surface area contributed by atoms with E-state index in [0.717, 1.165) is 10.2 Å². The smallest absolute Gasteiger partial charge is 0.0372 e. The van der Waals surface area contributed by atoms with Gasteiger partial charge in [0.2, 0.25) is 0 Å². The number of nitrogens with two attached hydrogens (primary N) is 1. The lowest BCUT2D eigenvalue weighted by atomic mass is 9.92. The van der Waals surface area contributed by atoms with Crippen molar-refractivity contribution in [3.8, 4) is 0 Å². The van der Waals surface area contributed by atoms with Crippen LogP contribution in [0.1, 0.15) is 58.6 Å². The molecule has 2 unspecified atom stereocenters. The Bertz CT molecular complexity index is 651. The molecular formula is C21H32BrNOS. The number of nitrogen functional groups attached to an aromatic ring is 1. The second kappa shape index (κ2) is 11.5. The first-order chi connectivity index (χ1) is 11.6. The molecule has 2 atom stereocenters. The minimum Gasteiger partial charge on any atom is -0.398 e. The van der Waals surface area contributed by atoms with Crippen molar-refractivity contribution in [1.29, 1.82) is 0 Å². The zero-order chi connectivity index (χ0) is 19.6. The van der Waals surface area contributed by atoms with Crippen LogP contribution in [0.3, 0.4) is 0 Å². The first-order valence-corrected chi connectivity index (χ1v) is 10.9. The van der Waals surface area contributed by atoms with Gasteiger partial charge in [-0.25, -0.2) is 0 Å². The van der Waals surface area contributed by atoms with Crippen molar-refractivity contribution in [3.05, 3.63) is 64.1 Å². The van der Waals surface area contributed by atoms with Crippen molar-refractivity contribution in [2.75, 3.05) is 12.0 Å². The molecule has 4 heteroatoms. The lowest BCUT2D eigenvalue weighted by molar-refractivity contribution is 0.654. The molecule has 0 spiro atoms. The number of benzene rings is 2. The van der Waals surface area contributed by atoms with Crippen molar-refractivity contribution in [2.24, 2.45) is 0 Å². The van der Waals surface area contributed by atoms with Crippen LogP contribution < -0.4 is 5.73 Å². The molecule has 0 saturated carbocycles. The third kappa shape index (κ3) is 8.68. The van der Waals surface area contributed by atoms with Crippen molar-refractivity contribution in [1.82, 2.24) is 0 Å². The fourth-order valence-corrected chi connectivity index (χ4v) is 2.22. The van der Waals surface area contributed by atoms with E-state index in [0.29, 0.717) is 5.92 Å². The van der Waals surface area contributed by atoms with Gasteiger partial charge in [-0.3, -0.25) is 4.21 Å². The Morgan fingerprint density at radius 2 is 1.52 bits per heavy atom. The van der Waals surface area contributed by atoms with E-state index in [9.17, 15) is 4.21 Å². The fraction of sp³-hybridized carbons (Fsp3) is 0.429. The first-order valence-electron chi connectivity index (χ1n) is 8.56. The molecule has 0 heterocycles. The monoisotopic (exact) mass is 425 g/mol. The third-order valence-electron chi connectivity index (χ3n) is 3.68. The molecule has 0 bridgehead atoms. The Kier molecular flexibility index (Phi) is 11.0. The summed E-state index contributed by atoms with van der Waals surface area (Å²) in [7, 11) is -0.683. The Morgan fingerprint density at radius 1 is 1.04 bits per heavy atom. The Morgan fingerprint density at radius 3 is 1.96 bits per heavy atom. The van der Waals surface area contributed by atoms with Gasteiger partial charge in [0, 0.05) is 37.9 Å². The summed E-state index contributed by atoms with van der Waals surface area (Å²) in [5.41, 5.74) is 9.31. The summed E-state index contributed by atoms with van der Waals surface area (Å²) in [6.07, 6.45) is 1.72. The van der Waals surface area contributed by atoms with Crippen LogP contribution in [-0.2, 0) is 10.8 Å². The molecule has 0 saturated heterocycles. The van der Waals surface area contributed by atoms with Crippen LogP contribution in [0.2, 0.25) is 0 Å². The summed E-state index contributed by atoms with van der Waals surface area (Å²) in [4.78, 5) is 0. The quantitative estimate of drug-likeness (QED) is 0.567. The van der Waals surface area contributed by atoms with Gasteiger partial charge in [-0.1, -0.05) is 67.0 Å². The predicted molar refractivity (Wildman–Crippen MR) is 118 cm³/mol. The molecule has 140 valence electrons. The van der Waals surface area contributed by atoms with Crippen LogP contribution in [0, 0.1) is 0 Å². The largest absolute Gasteiger partial charge is 0.398 e. The van der Waals surface area contributed by atoms with E-state index >= 15 is 0 Å². The van der Waals surface area contributed by atoms with Crippen molar-refractivity contribution < 1.29 is 4.21 Å². The molecule has 2 nitrogen and oxygen atoms in total. The molecule has 0 fully saturated rings. The van der Waals surface area contributed by atoms with E-state index in [1.165, 1.54) is 11.1 Å². The van der Waals surface area contributed by atoms with Crippen molar-refractivity contribution in [2.45, 2.75) is 52.2 Å². The third-order valence-corrected chi connectivity index (χ3v) is 5.90. The molecule has 0 radical (unpaired) electrons. The molecule has 0 aromatic heterocycles. The number of anilines is 1. The molecule has 0 amide bonds. The lowest BCUT2D eigenvalue weighted by Gasteiger charge is -2.15. The van der Waals surface area contributed by atoms with E-state index in [1.807, 2.05) is 52.8 Å². The minimum absolute atomic E-state index is 0.0278. The van der Waals surface area contributed by atoms with E-state index in [2.05, 4.69) is 53.2 Å². The lowest BCUT2D eigenvalue weighted by Crippen LogP contribution is -2.19. The summed E-state index contributed by atoms with van der Waals surface area (Å²) in [6.45, 7) is 12.1. The number of rotatable bonds is 2. The fourth-order valence-electron chi connectivity index (χ4n) is 1.84. The number of hydrogen-bond donors (Lipinski definition) is 1. The van der Waals surface area contributed by atoms with Crippen LogP contribution in [-0.4, -0.2) is 15.2 Å². The molecule has 0 aliphatic heterocycles. The van der Waals surface area contributed by atoms with Gasteiger partial charge < -0.3 is 5.73 Å². The molecule has 2 aromatic rings. The van der Waals surface area contributed by atoms with Crippen LogP contribution in [0.4, 0.5) is 5.69 Å². The molecule has 2 aromatic carbocycles. The van der Waals surface area contributed by atoms with Crippen LogP contribution >= 0.6 is 15.9 Å². The molecule has 2 rings (SSSR count). The first kappa shape index (κ1) is 23.9. The van der Waals surface area contributed by atoms with Gasteiger partial charge in [-0.2, -0.15) is 0 Å². The highest BCUT2D eigenvalue weighted by atomic mass is 79.9. The Hall–Kier alpha value is -1.13. The highest BCUT2D eigenvalue weighted by molar-refractivity contribution is 9.10. The van der Waals surface area contributed by atoms with Crippen LogP contribution in [0.15, 0.2) is 53.0 Å². The normalized spacial score (nSPS) is 12.8. The van der Waals surface area contributed by atoms with Crippen molar-refractivity contribution >= 4 is 32.4 Å². The maximum Gasteiger partial charge on any atom is 0.0372 e. The highest BCUT2D eigenvalue weighted by Gasteiger charge is 2.13. The van der Waals surface area contributed by atoms with E-state index in [1.54, 1.807) is 6.26 Å². The number of halogens is 1. The van der Waals surface area contributed by atoms with Gasteiger partial charge in [-0.15, -0.1) is 0 Å². The van der Waals surface area contributed by atoms with Gasteiger partial charge in [0.15, 0.2) is 0 Å². The highest BCUT2D eigenvalue weighted by Crippen LogP contribution is 2.30. The summed E-state index contributed by atoms with van der Waals surface area (Å²) >= 11 is 3.48. The van der Waals surface area contributed by atoms with Gasteiger partial charge in [0.1, 0.15) is 0 Å². The SMILES string of the molecule is CC.CC(c1ccccc1)c1cc(Br)ccc1N.CS(=O)C(C)(C)C. The number of hydrogen-bond acceptors (Lipinski definition) is 2. The van der Waals surface area contributed by atoms with E-state index < -0.39 is 10.8 Å². The van der Waals surface area contributed by atoms with Gasteiger partial charge in [-0.05, 0) is 50.1 Å². The molecule has 2 N–H and O–H groups in total. The summed E-state index contributed by atoms with van der Waals surface area (Å²) in [5, 5.41) is 0. The Labute approximate surface area is 164 Å².